The molecule has 0 spiro atoms. The molecule has 2 saturated carbocycles. The van der Waals surface area contributed by atoms with Crippen molar-refractivity contribution in [3.8, 4) is 0 Å². The Morgan fingerprint density at radius 3 is 2.30 bits per heavy atom. The van der Waals surface area contributed by atoms with Crippen molar-refractivity contribution in [1.82, 2.24) is 10.2 Å². The second kappa shape index (κ2) is 5.72. The Kier molecular flexibility index (Phi) is 4.37. The average Bonchev–Trinajstić information content (AvgIpc) is 3.03. The summed E-state index contributed by atoms with van der Waals surface area (Å²) in [5.41, 5.74) is -0.361. The molecular weight excluding hydrogens is 256 g/mol. The number of aliphatic carboxylic acids is 1. The summed E-state index contributed by atoms with van der Waals surface area (Å²) < 4.78 is 0. The number of carboxylic acids is 1. The normalized spacial score (nSPS) is 26.2. The van der Waals surface area contributed by atoms with Gasteiger partial charge in [-0.2, -0.15) is 0 Å². The number of hydrogen-bond acceptors (Lipinski definition) is 3. The number of carbonyl (C=O) groups is 2. The quantitative estimate of drug-likeness (QED) is 0.774. The summed E-state index contributed by atoms with van der Waals surface area (Å²) in [7, 11) is 0. The molecule has 2 fully saturated rings. The molecule has 0 radical (unpaired) electrons. The summed E-state index contributed by atoms with van der Waals surface area (Å²) in [6.45, 7) is 6.74. The van der Waals surface area contributed by atoms with E-state index in [2.05, 4.69) is 10.2 Å². The molecule has 2 N–H and O–H groups in total. The number of hydrogen-bond donors (Lipinski definition) is 2. The zero-order chi connectivity index (χ0) is 14.9. The molecule has 0 aromatic carbocycles. The van der Waals surface area contributed by atoms with Crippen molar-refractivity contribution in [2.45, 2.75) is 58.5 Å². The third-order valence-corrected chi connectivity index (χ3v) is 4.17. The van der Waals surface area contributed by atoms with E-state index in [4.69, 9.17) is 5.11 Å². The van der Waals surface area contributed by atoms with Crippen molar-refractivity contribution in [3.63, 3.8) is 0 Å². The lowest BCUT2D eigenvalue weighted by molar-refractivity contribution is -0.140. The summed E-state index contributed by atoms with van der Waals surface area (Å²) in [5, 5.41) is 12.0. The first kappa shape index (κ1) is 15.3. The Labute approximate surface area is 120 Å². The van der Waals surface area contributed by atoms with Gasteiger partial charge in [0.1, 0.15) is 0 Å². The Balaban J connectivity index is 1.77. The second-order valence-electron chi connectivity index (χ2n) is 7.31. The predicted octanol–water partition coefficient (Wildman–Crippen LogP) is 1.48. The van der Waals surface area contributed by atoms with Crippen LogP contribution in [0.2, 0.25) is 0 Å². The first-order valence-corrected chi connectivity index (χ1v) is 7.52. The Hall–Kier alpha value is -1.10. The van der Waals surface area contributed by atoms with Crippen molar-refractivity contribution in [1.29, 1.82) is 0 Å². The van der Waals surface area contributed by atoms with Crippen LogP contribution in [-0.4, -0.2) is 47.1 Å². The maximum Gasteiger partial charge on any atom is 0.317 e. The topological polar surface area (TPSA) is 69.6 Å². The fraction of sp³-hybridized carbons (Fsp3) is 0.867. The smallest absolute Gasteiger partial charge is 0.317 e. The van der Waals surface area contributed by atoms with Crippen LogP contribution in [0.4, 0.5) is 0 Å². The number of nitrogens with zero attached hydrogens (tertiary/aromatic N) is 1. The van der Waals surface area contributed by atoms with E-state index in [1.807, 2.05) is 20.8 Å². The molecule has 5 nitrogen and oxygen atoms in total. The lowest BCUT2D eigenvalue weighted by Crippen LogP contribution is -2.56. The van der Waals surface area contributed by atoms with Crippen LogP contribution in [0.5, 0.6) is 0 Å². The Morgan fingerprint density at radius 2 is 1.85 bits per heavy atom. The molecule has 0 saturated heterocycles. The van der Waals surface area contributed by atoms with Crippen LogP contribution in [-0.2, 0) is 9.59 Å². The number of rotatable bonds is 6. The van der Waals surface area contributed by atoms with Gasteiger partial charge in [-0.25, -0.2) is 0 Å². The minimum atomic E-state index is -0.757. The van der Waals surface area contributed by atoms with Gasteiger partial charge < -0.3 is 10.4 Å². The second-order valence-corrected chi connectivity index (χ2v) is 7.31. The van der Waals surface area contributed by atoms with Crippen LogP contribution in [0.1, 0.15) is 46.5 Å². The number of carbonyl (C=O) groups excluding carboxylic acids is 1. The van der Waals surface area contributed by atoms with Crippen molar-refractivity contribution >= 4 is 11.9 Å². The number of carboxylic acid groups (broad SMARTS) is 1. The average molecular weight is 282 g/mol. The minimum absolute atomic E-state index is 0.0768. The lowest BCUT2D eigenvalue weighted by atomic mass is 9.84. The molecule has 20 heavy (non-hydrogen) atoms. The monoisotopic (exact) mass is 282 g/mol. The lowest BCUT2D eigenvalue weighted by Gasteiger charge is -2.43. The van der Waals surface area contributed by atoms with Gasteiger partial charge in [0.05, 0.1) is 6.54 Å². The fourth-order valence-electron chi connectivity index (χ4n) is 2.55. The molecule has 0 aliphatic heterocycles. The summed E-state index contributed by atoms with van der Waals surface area (Å²) in [6.07, 6.45) is 4.21. The standard InChI is InChI=1S/C15H26N2O3/c1-15(2,3)14(20)16-11-6-12(7-11)17(9-13(18)19)8-10-4-5-10/h10-12H,4-9H2,1-3H3,(H,16,20)(H,18,19). The predicted molar refractivity (Wildman–Crippen MR) is 76.3 cm³/mol. The van der Waals surface area contributed by atoms with E-state index in [0.717, 1.165) is 19.4 Å². The summed E-state index contributed by atoms with van der Waals surface area (Å²) in [4.78, 5) is 24.9. The van der Waals surface area contributed by atoms with Gasteiger partial charge in [-0.05, 0) is 31.6 Å². The van der Waals surface area contributed by atoms with Crippen LogP contribution in [0, 0.1) is 11.3 Å². The maximum atomic E-state index is 11.9. The van der Waals surface area contributed by atoms with Gasteiger partial charge in [0.25, 0.3) is 0 Å². The molecule has 1 amide bonds. The molecule has 0 unspecified atom stereocenters. The number of amides is 1. The van der Waals surface area contributed by atoms with E-state index in [1.165, 1.54) is 12.8 Å². The van der Waals surface area contributed by atoms with Gasteiger partial charge >= 0.3 is 5.97 Å². The van der Waals surface area contributed by atoms with Crippen molar-refractivity contribution in [3.05, 3.63) is 0 Å². The van der Waals surface area contributed by atoms with Gasteiger partial charge in [0, 0.05) is 24.0 Å². The zero-order valence-corrected chi connectivity index (χ0v) is 12.7. The van der Waals surface area contributed by atoms with Crippen molar-refractivity contribution in [2.75, 3.05) is 13.1 Å². The maximum absolute atomic E-state index is 11.9. The minimum Gasteiger partial charge on any atom is -0.480 e. The highest BCUT2D eigenvalue weighted by Gasteiger charge is 2.38. The van der Waals surface area contributed by atoms with Crippen LogP contribution >= 0.6 is 0 Å². The van der Waals surface area contributed by atoms with Gasteiger partial charge in [-0.15, -0.1) is 0 Å². The highest BCUT2D eigenvalue weighted by Crippen LogP contribution is 2.34. The molecule has 0 heterocycles. The molecular formula is C15H26N2O3. The third kappa shape index (κ3) is 4.20. The van der Waals surface area contributed by atoms with Gasteiger partial charge in [-0.3, -0.25) is 14.5 Å². The molecule has 0 bridgehead atoms. The highest BCUT2D eigenvalue weighted by molar-refractivity contribution is 5.81. The number of nitrogens with one attached hydrogen (secondary N) is 1. The van der Waals surface area contributed by atoms with Crippen LogP contribution in [0.15, 0.2) is 0 Å². The van der Waals surface area contributed by atoms with Gasteiger partial charge in [0.15, 0.2) is 0 Å². The molecule has 2 rings (SSSR count). The third-order valence-electron chi connectivity index (χ3n) is 4.17. The van der Waals surface area contributed by atoms with E-state index in [0.29, 0.717) is 12.0 Å². The van der Waals surface area contributed by atoms with Crippen molar-refractivity contribution < 1.29 is 14.7 Å². The van der Waals surface area contributed by atoms with E-state index < -0.39 is 5.97 Å². The molecule has 2 aliphatic carbocycles. The Bertz CT molecular complexity index is 379. The van der Waals surface area contributed by atoms with Gasteiger partial charge in [0.2, 0.25) is 5.91 Å². The first-order chi connectivity index (χ1) is 9.25. The van der Waals surface area contributed by atoms with Crippen LogP contribution < -0.4 is 5.32 Å². The summed E-state index contributed by atoms with van der Waals surface area (Å²) >= 11 is 0. The van der Waals surface area contributed by atoms with E-state index in [9.17, 15) is 9.59 Å². The highest BCUT2D eigenvalue weighted by atomic mass is 16.4. The molecule has 114 valence electrons. The summed E-state index contributed by atoms with van der Waals surface area (Å²) in [6, 6.07) is 0.527. The first-order valence-electron chi connectivity index (χ1n) is 7.52. The van der Waals surface area contributed by atoms with E-state index in [1.54, 1.807) is 0 Å². The molecule has 0 aromatic rings. The van der Waals surface area contributed by atoms with Crippen LogP contribution in [0.3, 0.4) is 0 Å². The fourth-order valence-corrected chi connectivity index (χ4v) is 2.55. The van der Waals surface area contributed by atoms with Crippen LogP contribution in [0.25, 0.3) is 0 Å². The Morgan fingerprint density at radius 1 is 1.25 bits per heavy atom. The van der Waals surface area contributed by atoms with Gasteiger partial charge in [-0.1, -0.05) is 20.8 Å². The molecule has 5 heteroatoms. The SMILES string of the molecule is CC(C)(C)C(=O)NC1CC(N(CC(=O)O)CC2CC2)C1. The largest absolute Gasteiger partial charge is 0.480 e. The molecule has 0 aromatic heterocycles. The molecule has 0 atom stereocenters. The van der Waals surface area contributed by atoms with Crippen molar-refractivity contribution in [2.24, 2.45) is 11.3 Å². The van der Waals surface area contributed by atoms with E-state index in [-0.39, 0.29) is 23.9 Å². The summed E-state index contributed by atoms with van der Waals surface area (Å²) in [5.74, 6) is 0.0123. The molecule has 2 aliphatic rings. The van der Waals surface area contributed by atoms with E-state index >= 15 is 0 Å². The zero-order valence-electron chi connectivity index (χ0n) is 12.7.